The monoisotopic (exact) mass is 274 g/mol. The molecule has 20 heavy (non-hydrogen) atoms. The van der Waals surface area contributed by atoms with Crippen molar-refractivity contribution in [1.82, 2.24) is 9.78 Å². The molecule has 0 saturated carbocycles. The van der Waals surface area contributed by atoms with E-state index in [-0.39, 0.29) is 5.56 Å². The molecule has 0 amide bonds. The van der Waals surface area contributed by atoms with E-state index in [2.05, 4.69) is 5.10 Å². The highest BCUT2D eigenvalue weighted by Gasteiger charge is 2.13. The Morgan fingerprint density at radius 2 is 2.05 bits per heavy atom. The topological polar surface area (TPSA) is 64.4 Å². The number of rotatable bonds is 4. The van der Waals surface area contributed by atoms with Crippen LogP contribution in [0.25, 0.3) is 0 Å². The van der Waals surface area contributed by atoms with Crippen molar-refractivity contribution in [2.24, 2.45) is 0 Å². The second-order valence-electron chi connectivity index (χ2n) is 4.79. The Balaban J connectivity index is 2.34. The number of hydrogen-bond acceptors (Lipinski definition) is 3. The fourth-order valence-electron chi connectivity index (χ4n) is 2.12. The van der Waals surface area contributed by atoms with Crippen LogP contribution in [0.15, 0.2) is 18.2 Å². The summed E-state index contributed by atoms with van der Waals surface area (Å²) < 4.78 is 7.05. The summed E-state index contributed by atoms with van der Waals surface area (Å²) in [6.45, 7) is 6.64. The van der Waals surface area contributed by atoms with Crippen LogP contribution in [0.3, 0.4) is 0 Å². The fraction of sp³-hybridized carbons (Fsp3) is 0.333. The van der Waals surface area contributed by atoms with Crippen molar-refractivity contribution < 1.29 is 14.6 Å². The third-order valence-corrected chi connectivity index (χ3v) is 3.57. The molecule has 0 spiro atoms. The maximum Gasteiger partial charge on any atom is 0.339 e. The summed E-state index contributed by atoms with van der Waals surface area (Å²) in [5, 5.41) is 13.5. The first-order chi connectivity index (χ1) is 9.43. The highest BCUT2D eigenvalue weighted by atomic mass is 16.5. The van der Waals surface area contributed by atoms with E-state index in [1.54, 1.807) is 18.2 Å². The van der Waals surface area contributed by atoms with Crippen molar-refractivity contribution in [3.8, 4) is 5.75 Å². The zero-order valence-corrected chi connectivity index (χ0v) is 12.1. The van der Waals surface area contributed by atoms with E-state index in [0.717, 1.165) is 17.0 Å². The minimum Gasteiger partial charge on any atom is -0.496 e. The second kappa shape index (κ2) is 5.36. The van der Waals surface area contributed by atoms with E-state index in [0.29, 0.717) is 12.3 Å². The predicted octanol–water partition coefficient (Wildman–Crippen LogP) is 2.56. The van der Waals surface area contributed by atoms with Gasteiger partial charge in [0.2, 0.25) is 0 Å². The molecule has 5 nitrogen and oxygen atoms in total. The van der Waals surface area contributed by atoms with Gasteiger partial charge in [-0.3, -0.25) is 4.68 Å². The molecule has 0 atom stereocenters. The number of carbonyl (C=O) groups is 1. The van der Waals surface area contributed by atoms with Gasteiger partial charge in [-0.2, -0.15) is 5.10 Å². The lowest BCUT2D eigenvalue weighted by molar-refractivity contribution is 0.0693. The molecule has 0 aliphatic carbocycles. The maximum absolute atomic E-state index is 11.1. The van der Waals surface area contributed by atoms with Crippen LogP contribution >= 0.6 is 0 Å². The molecule has 1 heterocycles. The number of ether oxygens (including phenoxy) is 1. The molecular weight excluding hydrogens is 256 g/mol. The van der Waals surface area contributed by atoms with Crippen LogP contribution < -0.4 is 4.74 Å². The number of carboxylic acids is 1. The van der Waals surface area contributed by atoms with Gasteiger partial charge >= 0.3 is 5.97 Å². The largest absolute Gasteiger partial charge is 0.496 e. The Kier molecular flexibility index (Phi) is 3.79. The summed E-state index contributed by atoms with van der Waals surface area (Å²) in [5.41, 5.74) is 4.43. The Morgan fingerprint density at radius 1 is 1.35 bits per heavy atom. The van der Waals surface area contributed by atoms with Gasteiger partial charge in [0.05, 0.1) is 19.3 Å². The first kappa shape index (κ1) is 14.1. The molecule has 106 valence electrons. The number of carboxylic acid groups (broad SMARTS) is 1. The third-order valence-electron chi connectivity index (χ3n) is 3.57. The SMILES string of the molecule is COc1cc(Cn2nc(C)c(C)c2C)ccc1C(=O)O. The molecule has 2 aromatic rings. The lowest BCUT2D eigenvalue weighted by Gasteiger charge is -2.09. The van der Waals surface area contributed by atoms with Crippen LogP contribution in [0.5, 0.6) is 5.75 Å². The predicted molar refractivity (Wildman–Crippen MR) is 75.5 cm³/mol. The lowest BCUT2D eigenvalue weighted by atomic mass is 10.1. The average molecular weight is 274 g/mol. The van der Waals surface area contributed by atoms with Crippen LogP contribution in [0.4, 0.5) is 0 Å². The maximum atomic E-state index is 11.1. The second-order valence-corrected chi connectivity index (χ2v) is 4.79. The number of aromatic carboxylic acids is 1. The van der Waals surface area contributed by atoms with E-state index in [1.807, 2.05) is 25.5 Å². The highest BCUT2D eigenvalue weighted by molar-refractivity contribution is 5.90. The minimum atomic E-state index is -0.990. The summed E-state index contributed by atoms with van der Waals surface area (Å²) in [6.07, 6.45) is 0. The third kappa shape index (κ3) is 2.52. The van der Waals surface area contributed by atoms with E-state index >= 15 is 0 Å². The molecule has 0 saturated heterocycles. The van der Waals surface area contributed by atoms with Gasteiger partial charge in [0, 0.05) is 5.69 Å². The first-order valence-electron chi connectivity index (χ1n) is 6.35. The van der Waals surface area contributed by atoms with Crippen molar-refractivity contribution >= 4 is 5.97 Å². The number of aryl methyl sites for hydroxylation is 1. The molecule has 0 fully saturated rings. The Morgan fingerprint density at radius 3 is 2.55 bits per heavy atom. The average Bonchev–Trinajstić information content (AvgIpc) is 2.66. The zero-order chi connectivity index (χ0) is 14.9. The number of nitrogens with zero attached hydrogens (tertiary/aromatic N) is 2. The van der Waals surface area contributed by atoms with Crippen molar-refractivity contribution in [2.45, 2.75) is 27.3 Å². The lowest BCUT2D eigenvalue weighted by Crippen LogP contribution is -2.06. The standard InChI is InChI=1S/C15H18N2O3/c1-9-10(2)16-17(11(9)3)8-12-5-6-13(15(18)19)14(7-12)20-4/h5-7H,8H2,1-4H3,(H,18,19). The molecule has 1 aromatic carbocycles. The van der Waals surface area contributed by atoms with Crippen LogP contribution in [0, 0.1) is 20.8 Å². The summed E-state index contributed by atoms with van der Waals surface area (Å²) in [6, 6.07) is 5.10. The van der Waals surface area contributed by atoms with Gasteiger partial charge in [-0.05, 0) is 44.0 Å². The number of aromatic nitrogens is 2. The molecule has 1 N–H and O–H groups in total. The Hall–Kier alpha value is -2.30. The Bertz CT molecular complexity index is 659. The van der Waals surface area contributed by atoms with E-state index in [4.69, 9.17) is 9.84 Å². The molecule has 0 radical (unpaired) electrons. The van der Waals surface area contributed by atoms with Crippen LogP contribution in [-0.4, -0.2) is 28.0 Å². The number of methoxy groups -OCH3 is 1. The molecule has 5 heteroatoms. The zero-order valence-electron chi connectivity index (χ0n) is 12.1. The Labute approximate surface area is 117 Å². The quantitative estimate of drug-likeness (QED) is 0.930. The summed E-state index contributed by atoms with van der Waals surface area (Å²) in [4.78, 5) is 11.1. The van der Waals surface area contributed by atoms with Gasteiger partial charge in [0.25, 0.3) is 0 Å². The molecule has 0 aliphatic rings. The summed E-state index contributed by atoms with van der Waals surface area (Å²) in [5.74, 6) is -0.622. The van der Waals surface area contributed by atoms with E-state index in [1.165, 1.54) is 12.7 Å². The van der Waals surface area contributed by atoms with E-state index < -0.39 is 5.97 Å². The van der Waals surface area contributed by atoms with Crippen molar-refractivity contribution in [2.75, 3.05) is 7.11 Å². The smallest absolute Gasteiger partial charge is 0.339 e. The number of benzene rings is 1. The molecular formula is C15H18N2O3. The molecule has 1 aromatic heterocycles. The molecule has 2 rings (SSSR count). The summed E-state index contributed by atoms with van der Waals surface area (Å²) in [7, 11) is 1.47. The van der Waals surface area contributed by atoms with Gasteiger partial charge in [0.1, 0.15) is 11.3 Å². The minimum absolute atomic E-state index is 0.167. The van der Waals surface area contributed by atoms with Crippen molar-refractivity contribution in [3.63, 3.8) is 0 Å². The fourth-order valence-corrected chi connectivity index (χ4v) is 2.12. The number of hydrogen-bond donors (Lipinski definition) is 1. The van der Waals surface area contributed by atoms with Gasteiger partial charge in [-0.1, -0.05) is 6.07 Å². The van der Waals surface area contributed by atoms with Crippen LogP contribution in [0.2, 0.25) is 0 Å². The van der Waals surface area contributed by atoms with E-state index in [9.17, 15) is 4.79 Å². The van der Waals surface area contributed by atoms with Crippen LogP contribution in [-0.2, 0) is 6.54 Å². The van der Waals surface area contributed by atoms with Crippen LogP contribution in [0.1, 0.15) is 32.9 Å². The van der Waals surface area contributed by atoms with Gasteiger partial charge < -0.3 is 9.84 Å². The first-order valence-corrected chi connectivity index (χ1v) is 6.35. The van der Waals surface area contributed by atoms with Crippen molar-refractivity contribution in [1.29, 1.82) is 0 Å². The highest BCUT2D eigenvalue weighted by Crippen LogP contribution is 2.21. The van der Waals surface area contributed by atoms with Crippen molar-refractivity contribution in [3.05, 3.63) is 46.3 Å². The summed E-state index contributed by atoms with van der Waals surface area (Å²) >= 11 is 0. The normalized spacial score (nSPS) is 10.6. The molecule has 0 bridgehead atoms. The molecule has 0 unspecified atom stereocenters. The van der Waals surface area contributed by atoms with Gasteiger partial charge in [-0.25, -0.2) is 4.79 Å². The van der Waals surface area contributed by atoms with Gasteiger partial charge in [-0.15, -0.1) is 0 Å². The molecule has 0 aliphatic heterocycles. The van der Waals surface area contributed by atoms with Gasteiger partial charge in [0.15, 0.2) is 0 Å².